The minimum absolute atomic E-state index is 0.136. The van der Waals surface area contributed by atoms with Crippen LogP contribution < -0.4 is 4.74 Å². The minimum atomic E-state index is -0.136. The molecule has 50 heavy (non-hydrogen) atoms. The molecule has 0 spiro atoms. The van der Waals surface area contributed by atoms with Crippen LogP contribution in [0.25, 0.3) is 0 Å². The highest BCUT2D eigenvalue weighted by Gasteiger charge is 2.36. The van der Waals surface area contributed by atoms with Crippen molar-refractivity contribution in [2.75, 3.05) is 119 Å². The second-order valence-electron chi connectivity index (χ2n) is 15.7. The monoisotopic (exact) mass is 710 g/mol. The number of hydrogen-bond donors (Lipinski definition) is 1. The molecule has 0 radical (unpaired) electrons. The number of likely N-dealkylation sites (N-methyl/N-ethyl adjacent to an activating group) is 2. The molecule has 4 aliphatic heterocycles. The van der Waals surface area contributed by atoms with Crippen LogP contribution in [0.5, 0.6) is 5.75 Å². The summed E-state index contributed by atoms with van der Waals surface area (Å²) < 4.78 is 17.2. The predicted octanol–water partition coefficient (Wildman–Crippen LogP) is 5.62. The van der Waals surface area contributed by atoms with Crippen molar-refractivity contribution in [1.82, 2.24) is 19.6 Å². The zero-order valence-electron chi connectivity index (χ0n) is 31.6. The number of benzene rings is 2. The normalized spacial score (nSPS) is 22.5. The van der Waals surface area contributed by atoms with Crippen molar-refractivity contribution in [3.63, 3.8) is 0 Å². The fraction of sp³-hybridized carbons (Fsp3) is 0.707. The molecule has 4 aliphatic rings. The molecule has 2 aromatic rings. The predicted molar refractivity (Wildman–Crippen MR) is 207 cm³/mol. The van der Waals surface area contributed by atoms with Gasteiger partial charge in [-0.1, -0.05) is 24.3 Å². The number of hydrogen-bond acceptors (Lipinski definition) is 9. The number of ether oxygens (including phenoxy) is 3. The molecule has 8 nitrogen and oxygen atoms in total. The van der Waals surface area contributed by atoms with Crippen LogP contribution in [0.15, 0.2) is 53.4 Å². The average Bonchev–Trinajstić information content (AvgIpc) is 3.79. The Bertz CT molecular complexity index is 1230. The fourth-order valence-electron chi connectivity index (χ4n) is 8.41. The van der Waals surface area contributed by atoms with Gasteiger partial charge in [-0.15, -0.1) is 11.8 Å². The summed E-state index contributed by atoms with van der Waals surface area (Å²) >= 11 is 2.00. The smallest absolute Gasteiger partial charge is 0.119 e. The molecule has 0 bridgehead atoms. The zero-order valence-corrected chi connectivity index (χ0v) is 32.4. The van der Waals surface area contributed by atoms with E-state index in [0.29, 0.717) is 0 Å². The topological polar surface area (TPSA) is 60.9 Å². The van der Waals surface area contributed by atoms with Gasteiger partial charge < -0.3 is 38.9 Å². The van der Waals surface area contributed by atoms with Crippen LogP contribution >= 0.6 is 11.8 Å². The quantitative estimate of drug-likeness (QED) is 0.188. The molecule has 0 aliphatic carbocycles. The summed E-state index contributed by atoms with van der Waals surface area (Å²) in [5.41, 5.74) is 3.34. The van der Waals surface area contributed by atoms with Crippen molar-refractivity contribution in [1.29, 1.82) is 0 Å². The third-order valence-electron chi connectivity index (χ3n) is 11.1. The molecule has 4 heterocycles. The molecule has 6 rings (SSSR count). The van der Waals surface area contributed by atoms with E-state index in [0.717, 1.165) is 110 Å². The lowest BCUT2D eigenvalue weighted by atomic mass is 9.74. The van der Waals surface area contributed by atoms with E-state index < -0.39 is 0 Å². The summed E-state index contributed by atoms with van der Waals surface area (Å²) in [5.74, 6) is 2.15. The van der Waals surface area contributed by atoms with Gasteiger partial charge in [-0.25, -0.2) is 0 Å². The summed E-state index contributed by atoms with van der Waals surface area (Å²) in [6, 6.07) is 18.1. The number of thioether (sulfide) groups is 1. The van der Waals surface area contributed by atoms with Crippen LogP contribution in [0.3, 0.4) is 0 Å². The summed E-state index contributed by atoms with van der Waals surface area (Å²) in [5, 5.41) is 9.56. The lowest BCUT2D eigenvalue weighted by Gasteiger charge is -2.40. The highest BCUT2D eigenvalue weighted by Crippen LogP contribution is 2.37. The van der Waals surface area contributed by atoms with Crippen LogP contribution in [0.2, 0.25) is 0 Å². The molecule has 0 aromatic heterocycles. The SMILES string of the molecule is CN(C)CC1(c2ccc(OCCCN3CCC(O)C3)cc2)CCOCC1.CN(C)CC1(c2ccc(SCCN3CCCC3)cc2)CCOCC1. The van der Waals surface area contributed by atoms with Crippen LogP contribution in [-0.4, -0.2) is 150 Å². The molecule has 9 heteroatoms. The number of aliphatic hydroxyl groups excluding tert-OH is 1. The number of likely N-dealkylation sites (tertiary alicyclic amines) is 2. The van der Waals surface area contributed by atoms with E-state index in [2.05, 4.69) is 96.3 Å². The third kappa shape index (κ3) is 11.9. The standard InChI is InChI=1S/C21H34N2O3.C20H32N2OS/c1-22(2)17-21(9-14-25-15-10-21)18-4-6-20(7-5-18)26-13-3-11-23-12-8-19(24)16-23;1-21(2)17-20(9-14-23-15-10-20)18-5-7-19(8-6-18)24-16-13-22-11-3-4-12-22/h4-7,19,24H,3,8-17H2,1-2H3;5-8H,3-4,9-17H2,1-2H3. The van der Waals surface area contributed by atoms with Gasteiger partial charge >= 0.3 is 0 Å². The Balaban J connectivity index is 0.000000195. The second kappa shape index (κ2) is 20.0. The molecule has 1 N–H and O–H groups in total. The number of nitrogens with zero attached hydrogens (tertiary/aromatic N) is 4. The fourth-order valence-corrected chi connectivity index (χ4v) is 9.33. The molecular weight excluding hydrogens is 645 g/mol. The molecular formula is C41H66N4O4S. The van der Waals surface area contributed by atoms with Crippen LogP contribution in [-0.2, 0) is 20.3 Å². The molecule has 4 fully saturated rings. The summed E-state index contributed by atoms with van der Waals surface area (Å²) in [4.78, 5) is 10.9. The maximum absolute atomic E-state index is 9.56. The van der Waals surface area contributed by atoms with Gasteiger partial charge in [-0.05, 0) is 128 Å². The Hall–Kier alpha value is -1.69. The summed E-state index contributed by atoms with van der Waals surface area (Å²) in [6.45, 7) is 13.0. The van der Waals surface area contributed by atoms with Gasteiger partial charge in [0.1, 0.15) is 5.75 Å². The largest absolute Gasteiger partial charge is 0.494 e. The lowest BCUT2D eigenvalue weighted by molar-refractivity contribution is 0.0400. The molecule has 0 amide bonds. The summed E-state index contributed by atoms with van der Waals surface area (Å²) in [6.07, 6.45) is 8.95. The van der Waals surface area contributed by atoms with Crippen molar-refractivity contribution in [3.8, 4) is 5.75 Å². The first-order valence-corrected chi connectivity index (χ1v) is 20.3. The van der Waals surface area contributed by atoms with Crippen molar-refractivity contribution >= 4 is 11.8 Å². The Morgan fingerprint density at radius 3 is 1.78 bits per heavy atom. The van der Waals surface area contributed by atoms with Crippen molar-refractivity contribution in [2.45, 2.75) is 73.2 Å². The second-order valence-corrected chi connectivity index (χ2v) is 16.8. The maximum Gasteiger partial charge on any atom is 0.119 e. The number of aliphatic hydroxyl groups is 1. The van der Waals surface area contributed by atoms with E-state index in [1.807, 2.05) is 11.8 Å². The van der Waals surface area contributed by atoms with E-state index in [-0.39, 0.29) is 16.9 Å². The van der Waals surface area contributed by atoms with Gasteiger partial charge in [0.25, 0.3) is 0 Å². The van der Waals surface area contributed by atoms with Gasteiger partial charge in [0.2, 0.25) is 0 Å². The first-order valence-electron chi connectivity index (χ1n) is 19.3. The van der Waals surface area contributed by atoms with Crippen molar-refractivity contribution < 1.29 is 19.3 Å². The van der Waals surface area contributed by atoms with Gasteiger partial charge in [-0.3, -0.25) is 0 Å². The van der Waals surface area contributed by atoms with E-state index in [9.17, 15) is 5.11 Å². The average molecular weight is 711 g/mol. The molecule has 280 valence electrons. The van der Waals surface area contributed by atoms with E-state index in [1.54, 1.807) is 0 Å². The van der Waals surface area contributed by atoms with Crippen LogP contribution in [0, 0.1) is 0 Å². The maximum atomic E-state index is 9.56. The Kier molecular flexibility index (Phi) is 15.8. The zero-order chi connectivity index (χ0) is 35.2. The first kappa shape index (κ1) is 39.5. The van der Waals surface area contributed by atoms with Crippen LogP contribution in [0.4, 0.5) is 0 Å². The first-order chi connectivity index (χ1) is 24.3. The summed E-state index contributed by atoms with van der Waals surface area (Å²) in [7, 11) is 8.65. The molecule has 0 saturated carbocycles. The van der Waals surface area contributed by atoms with Crippen LogP contribution in [0.1, 0.15) is 62.5 Å². The molecule has 1 atom stereocenters. The van der Waals surface area contributed by atoms with Gasteiger partial charge in [0, 0.05) is 87.2 Å². The lowest BCUT2D eigenvalue weighted by Crippen LogP contribution is -2.42. The van der Waals surface area contributed by atoms with Gasteiger partial charge in [0.05, 0.1) is 12.7 Å². The highest BCUT2D eigenvalue weighted by atomic mass is 32.2. The Labute approximate surface area is 307 Å². The van der Waals surface area contributed by atoms with Gasteiger partial charge in [0.15, 0.2) is 0 Å². The van der Waals surface area contributed by atoms with Crippen molar-refractivity contribution in [2.24, 2.45) is 0 Å². The number of rotatable bonds is 15. The van der Waals surface area contributed by atoms with Gasteiger partial charge in [-0.2, -0.15) is 0 Å². The molecule has 1 unspecified atom stereocenters. The van der Waals surface area contributed by atoms with E-state index in [4.69, 9.17) is 14.2 Å². The Morgan fingerprint density at radius 1 is 0.740 bits per heavy atom. The number of β-amino-alcohol motifs (C(OH)–C–C–N with tert-alkyl or cyclic N) is 1. The minimum Gasteiger partial charge on any atom is -0.494 e. The third-order valence-corrected chi connectivity index (χ3v) is 12.1. The molecule has 4 saturated heterocycles. The highest BCUT2D eigenvalue weighted by molar-refractivity contribution is 7.99. The van der Waals surface area contributed by atoms with E-state index >= 15 is 0 Å². The van der Waals surface area contributed by atoms with E-state index in [1.165, 1.54) is 54.3 Å². The Morgan fingerprint density at radius 2 is 1.28 bits per heavy atom. The van der Waals surface area contributed by atoms with Crippen molar-refractivity contribution in [3.05, 3.63) is 59.7 Å². The molecule has 2 aromatic carbocycles.